The quantitative estimate of drug-likeness (QED) is 0.465. The van der Waals surface area contributed by atoms with Gasteiger partial charge in [0.05, 0.1) is 13.2 Å². The van der Waals surface area contributed by atoms with E-state index in [2.05, 4.69) is 0 Å². The predicted molar refractivity (Wildman–Crippen MR) is 44.5 cm³/mol. The van der Waals surface area contributed by atoms with Gasteiger partial charge in [0.2, 0.25) is 0 Å². The van der Waals surface area contributed by atoms with Gasteiger partial charge in [-0.25, -0.2) is 0 Å². The maximum Gasteiger partial charge on any atom is 0.0700 e. The predicted octanol–water partition coefficient (Wildman–Crippen LogP) is 0.298. The third kappa shape index (κ3) is 17.3. The molecular weight excluding hydrogens is 182 g/mol. The Bertz CT molecular complexity index is 38.7. The van der Waals surface area contributed by atoms with Crippen molar-refractivity contribution in [1.29, 1.82) is 0 Å². The van der Waals surface area contributed by atoms with E-state index in [1.807, 2.05) is 13.8 Å². The first-order chi connectivity index (χ1) is 3.91. The normalized spacial score (nSPS) is 7.80. The molecule has 0 saturated heterocycles. The van der Waals surface area contributed by atoms with Gasteiger partial charge in [0.25, 0.3) is 0 Å². The Labute approximate surface area is 149 Å². The molecule has 0 fully saturated rings. The maximum atomic E-state index is 5.01. The van der Waals surface area contributed by atoms with Crippen molar-refractivity contribution in [3.05, 3.63) is 0 Å². The Morgan fingerprint density at radius 3 is 1.30 bits per heavy atom. The molecule has 0 spiro atoms. The van der Waals surface area contributed by atoms with E-state index < -0.39 is 0 Å². The van der Waals surface area contributed by atoms with Crippen molar-refractivity contribution in [2.45, 2.75) is 13.8 Å². The molecule has 10 heavy (non-hydrogen) atoms. The summed E-state index contributed by atoms with van der Waals surface area (Å²) in [4.78, 5) is 0. The van der Waals surface area contributed by atoms with Gasteiger partial charge in [0.1, 0.15) is 0 Å². The molecule has 52 valence electrons. The summed E-state index contributed by atoms with van der Waals surface area (Å²) >= 11 is 0. The van der Waals surface area contributed by atoms with Gasteiger partial charge in [-0.2, -0.15) is 0 Å². The molecule has 0 aromatic heterocycles. The van der Waals surface area contributed by atoms with Gasteiger partial charge in [0.15, 0.2) is 0 Å². The van der Waals surface area contributed by atoms with Crippen LogP contribution in [-0.4, -0.2) is 129 Å². The molecule has 0 atom stereocenters. The molecule has 0 amide bonds. The third-order valence-electron chi connectivity index (χ3n) is 0.780. The van der Waals surface area contributed by atoms with Gasteiger partial charge < -0.3 is 9.47 Å². The van der Waals surface area contributed by atoms with Crippen molar-refractivity contribution in [3.8, 4) is 0 Å². The van der Waals surface area contributed by atoms with E-state index in [4.69, 9.17) is 9.47 Å². The minimum atomic E-state index is 0. The largest absolute Gasteiger partial charge is 0.379 e. The number of hydrogen-bond donors (Lipinski definition) is 0. The van der Waals surface area contributed by atoms with Gasteiger partial charge in [0, 0.05) is 116 Å². The molecule has 0 aromatic carbocycles. The van der Waals surface area contributed by atoms with Crippen molar-refractivity contribution < 1.29 is 9.47 Å². The van der Waals surface area contributed by atoms with Crippen LogP contribution in [0.4, 0.5) is 0 Å². The molecule has 0 heterocycles. The summed E-state index contributed by atoms with van der Waals surface area (Å²) in [5.74, 6) is 0. The first-order valence-corrected chi connectivity index (χ1v) is 3.07. The van der Waals surface area contributed by atoms with E-state index in [0.29, 0.717) is 0 Å². The molecule has 2 nitrogen and oxygen atoms in total. The van der Waals surface area contributed by atoms with Crippen LogP contribution in [0.1, 0.15) is 13.8 Å². The Balaban J connectivity index is -0.000000245. The minimum Gasteiger partial charge on any atom is -0.379 e. The molecule has 0 bridgehead atoms. The monoisotopic (exact) mass is 196 g/mol. The summed E-state index contributed by atoms with van der Waals surface area (Å²) in [6.07, 6.45) is 0. The average molecular weight is 196 g/mol. The van der Waals surface area contributed by atoms with Crippen LogP contribution < -0.4 is 0 Å². The molecule has 4 heteroatoms. The smallest absolute Gasteiger partial charge is 0.0700 e. The Hall–Kier alpha value is 3.19. The minimum absolute atomic E-state index is 0. The Morgan fingerprint density at radius 1 is 0.800 bits per heavy atom. The van der Waals surface area contributed by atoms with Gasteiger partial charge in [-0.15, -0.1) is 0 Å². The van der Waals surface area contributed by atoms with Crippen molar-refractivity contribution in [1.82, 2.24) is 0 Å². The van der Waals surface area contributed by atoms with Crippen LogP contribution in [0.5, 0.6) is 0 Å². The molecule has 0 aliphatic carbocycles. The van der Waals surface area contributed by atoms with Crippen LogP contribution in [0.3, 0.4) is 0 Å². The van der Waals surface area contributed by atoms with Crippen molar-refractivity contribution >= 4 is 103 Å². The number of rotatable bonds is 5. The molecule has 2 radical (unpaired) electrons. The Morgan fingerprint density at radius 2 is 1.10 bits per heavy atom. The van der Waals surface area contributed by atoms with Crippen LogP contribution >= 0.6 is 0 Å². The van der Waals surface area contributed by atoms with Crippen molar-refractivity contribution in [3.63, 3.8) is 0 Å². The van der Waals surface area contributed by atoms with E-state index in [9.17, 15) is 0 Å². The number of ether oxygens (including phenoxy) is 2. The second-order valence-corrected chi connectivity index (χ2v) is 1.39. The molecule has 0 rings (SSSR count). The standard InChI is InChI=1S/C6H14O2.2K/c1-3-7-5-6-8-4-2;;/h3-6H2,1-2H3;;. The Kier molecular flexibility index (Phi) is 34.1. The molecular formula is C6H14K2O2. The maximum absolute atomic E-state index is 5.01. The zero-order valence-electron chi connectivity index (χ0n) is 7.64. The first-order valence-electron chi connectivity index (χ1n) is 3.07. The second kappa shape index (κ2) is 18.1. The summed E-state index contributed by atoms with van der Waals surface area (Å²) in [5, 5.41) is 0. The average Bonchev–Trinajstić information content (AvgIpc) is 1.81. The van der Waals surface area contributed by atoms with Crippen LogP contribution in [-0.2, 0) is 9.47 Å². The molecule has 0 aliphatic heterocycles. The fraction of sp³-hybridized carbons (Fsp3) is 1.00. The topological polar surface area (TPSA) is 18.5 Å². The van der Waals surface area contributed by atoms with E-state index >= 15 is 0 Å². The second-order valence-electron chi connectivity index (χ2n) is 1.39. The van der Waals surface area contributed by atoms with Crippen LogP contribution in [0.2, 0.25) is 0 Å². The molecule has 0 saturated carbocycles. The van der Waals surface area contributed by atoms with E-state index in [1.165, 1.54) is 0 Å². The molecule has 0 aromatic rings. The van der Waals surface area contributed by atoms with Crippen LogP contribution in [0, 0.1) is 0 Å². The summed E-state index contributed by atoms with van der Waals surface area (Å²) in [7, 11) is 0. The summed E-state index contributed by atoms with van der Waals surface area (Å²) in [5.41, 5.74) is 0. The molecule has 0 aliphatic rings. The van der Waals surface area contributed by atoms with E-state index in [1.54, 1.807) is 0 Å². The number of hydrogen-bond acceptors (Lipinski definition) is 2. The molecule has 0 N–H and O–H groups in total. The zero-order valence-corrected chi connectivity index (χ0v) is 13.9. The molecule has 0 unspecified atom stereocenters. The van der Waals surface area contributed by atoms with Crippen LogP contribution in [0.25, 0.3) is 0 Å². The van der Waals surface area contributed by atoms with Gasteiger partial charge in [-0.3, -0.25) is 0 Å². The van der Waals surface area contributed by atoms with Crippen molar-refractivity contribution in [2.75, 3.05) is 26.4 Å². The summed E-state index contributed by atoms with van der Waals surface area (Å²) < 4.78 is 10.0. The third-order valence-corrected chi connectivity index (χ3v) is 0.780. The summed E-state index contributed by atoms with van der Waals surface area (Å²) in [6, 6.07) is 0. The van der Waals surface area contributed by atoms with Gasteiger partial charge in [-0.1, -0.05) is 0 Å². The fourth-order valence-electron chi connectivity index (χ4n) is 0.407. The van der Waals surface area contributed by atoms with Gasteiger partial charge in [-0.05, 0) is 13.8 Å². The van der Waals surface area contributed by atoms with Gasteiger partial charge >= 0.3 is 0 Å². The van der Waals surface area contributed by atoms with E-state index in [-0.39, 0.29) is 103 Å². The fourth-order valence-corrected chi connectivity index (χ4v) is 0.407. The zero-order chi connectivity index (χ0) is 6.24. The van der Waals surface area contributed by atoms with E-state index in [0.717, 1.165) is 26.4 Å². The van der Waals surface area contributed by atoms with Crippen molar-refractivity contribution in [2.24, 2.45) is 0 Å². The first kappa shape index (κ1) is 18.9. The van der Waals surface area contributed by atoms with Crippen LogP contribution in [0.15, 0.2) is 0 Å². The SMILES string of the molecule is CCOCCOCC.[K].[K]. The summed E-state index contributed by atoms with van der Waals surface area (Å²) in [6.45, 7) is 6.98.